The minimum Gasteiger partial charge on any atom is -0.338 e. The van der Waals surface area contributed by atoms with Crippen molar-refractivity contribution in [3.05, 3.63) is 70.7 Å². The number of halogens is 1. The van der Waals surface area contributed by atoms with E-state index in [-0.39, 0.29) is 5.41 Å². The Balaban J connectivity index is 1.24. The number of carbonyl (C=O) groups is 1. The van der Waals surface area contributed by atoms with Gasteiger partial charge < -0.3 is 9.80 Å². The molecule has 3 nitrogen and oxygen atoms in total. The van der Waals surface area contributed by atoms with Crippen molar-refractivity contribution in [2.75, 3.05) is 26.2 Å². The third-order valence-electron chi connectivity index (χ3n) is 6.39. The molecule has 2 aromatic carbocycles. The van der Waals surface area contributed by atoms with E-state index in [4.69, 9.17) is 11.6 Å². The number of hydrogen-bond donors (Lipinski definition) is 0. The summed E-state index contributed by atoms with van der Waals surface area (Å²) in [6.45, 7) is 5.02. The Morgan fingerprint density at radius 1 is 0.929 bits per heavy atom. The molecule has 0 unspecified atom stereocenters. The molecule has 0 radical (unpaired) electrons. The van der Waals surface area contributed by atoms with Crippen molar-refractivity contribution >= 4 is 17.5 Å². The van der Waals surface area contributed by atoms with Gasteiger partial charge in [-0.25, -0.2) is 0 Å². The van der Waals surface area contributed by atoms with Crippen LogP contribution in [0.4, 0.5) is 0 Å². The van der Waals surface area contributed by atoms with Gasteiger partial charge in [0.2, 0.25) is 5.91 Å². The van der Waals surface area contributed by atoms with Crippen LogP contribution in [0.25, 0.3) is 0 Å². The molecule has 0 saturated carbocycles. The number of nitrogens with zero attached hydrogens (tertiary/aromatic N) is 2. The third kappa shape index (κ3) is 4.76. The molecule has 0 bridgehead atoms. The molecule has 0 aliphatic carbocycles. The molecule has 2 heterocycles. The van der Waals surface area contributed by atoms with E-state index in [0.29, 0.717) is 12.5 Å². The molecule has 28 heavy (non-hydrogen) atoms. The summed E-state index contributed by atoms with van der Waals surface area (Å²) in [4.78, 5) is 17.2. The lowest BCUT2D eigenvalue weighted by Gasteiger charge is -2.38. The Bertz CT molecular complexity index is 782. The summed E-state index contributed by atoms with van der Waals surface area (Å²) >= 11 is 5.97. The molecule has 0 aromatic heterocycles. The van der Waals surface area contributed by atoms with Gasteiger partial charge in [-0.15, -0.1) is 0 Å². The second kappa shape index (κ2) is 8.67. The lowest BCUT2D eigenvalue weighted by Crippen LogP contribution is -2.41. The lowest BCUT2D eigenvalue weighted by molar-refractivity contribution is -0.128. The maximum atomic E-state index is 12.6. The van der Waals surface area contributed by atoms with Gasteiger partial charge in [-0.2, -0.15) is 0 Å². The molecule has 0 atom stereocenters. The van der Waals surface area contributed by atoms with Crippen LogP contribution >= 0.6 is 11.6 Å². The summed E-state index contributed by atoms with van der Waals surface area (Å²) in [6, 6.07) is 18.6. The first-order valence-electron chi connectivity index (χ1n) is 10.4. The summed E-state index contributed by atoms with van der Waals surface area (Å²) in [7, 11) is 0. The zero-order valence-electron chi connectivity index (χ0n) is 16.4. The fourth-order valence-corrected chi connectivity index (χ4v) is 4.80. The van der Waals surface area contributed by atoms with E-state index in [1.807, 2.05) is 29.2 Å². The van der Waals surface area contributed by atoms with E-state index in [0.717, 1.165) is 62.4 Å². The number of aryl methyl sites for hydroxylation is 1. The highest BCUT2D eigenvalue weighted by molar-refractivity contribution is 6.30. The number of hydrogen-bond acceptors (Lipinski definition) is 2. The highest BCUT2D eigenvalue weighted by atomic mass is 35.5. The second-order valence-electron chi connectivity index (χ2n) is 8.48. The van der Waals surface area contributed by atoms with Crippen molar-refractivity contribution in [1.29, 1.82) is 0 Å². The Kier molecular flexibility index (Phi) is 6.03. The van der Waals surface area contributed by atoms with Gasteiger partial charge in [-0.3, -0.25) is 4.79 Å². The molecule has 1 amide bonds. The number of benzene rings is 2. The van der Waals surface area contributed by atoms with Gasteiger partial charge in [0, 0.05) is 24.5 Å². The predicted octanol–water partition coefficient (Wildman–Crippen LogP) is 4.79. The van der Waals surface area contributed by atoms with E-state index in [2.05, 4.69) is 35.2 Å². The van der Waals surface area contributed by atoms with Crippen LogP contribution < -0.4 is 0 Å². The quantitative estimate of drug-likeness (QED) is 0.701. The summed E-state index contributed by atoms with van der Waals surface area (Å²) in [5, 5.41) is 0.743. The zero-order valence-corrected chi connectivity index (χ0v) is 17.2. The van der Waals surface area contributed by atoms with Crippen LogP contribution in [0.15, 0.2) is 54.6 Å². The van der Waals surface area contributed by atoms with E-state index in [1.54, 1.807) is 0 Å². The highest BCUT2D eigenvalue weighted by Crippen LogP contribution is 2.41. The normalized spacial score (nSPS) is 19.5. The van der Waals surface area contributed by atoms with Crippen LogP contribution in [-0.4, -0.2) is 41.9 Å². The lowest BCUT2D eigenvalue weighted by atomic mass is 9.77. The molecule has 0 N–H and O–H groups in total. The Morgan fingerprint density at radius 2 is 1.64 bits per heavy atom. The molecule has 148 valence electrons. The zero-order chi connectivity index (χ0) is 19.4. The van der Waals surface area contributed by atoms with Gasteiger partial charge >= 0.3 is 0 Å². The van der Waals surface area contributed by atoms with Gasteiger partial charge in [0.1, 0.15) is 0 Å². The Labute approximate surface area is 173 Å². The summed E-state index contributed by atoms with van der Waals surface area (Å²) in [5.74, 6) is 0.312. The number of rotatable bonds is 6. The third-order valence-corrected chi connectivity index (χ3v) is 6.64. The fraction of sp³-hybridized carbons (Fsp3) is 0.458. The minimum absolute atomic E-state index is 0.194. The maximum absolute atomic E-state index is 12.6. The molecular weight excluding hydrogens is 368 g/mol. The van der Waals surface area contributed by atoms with E-state index in [1.165, 1.54) is 12.0 Å². The second-order valence-corrected chi connectivity index (χ2v) is 8.92. The molecule has 2 fully saturated rings. The molecular formula is C24H29ClN2O. The predicted molar refractivity (Wildman–Crippen MR) is 114 cm³/mol. The van der Waals surface area contributed by atoms with Crippen molar-refractivity contribution in [3.63, 3.8) is 0 Å². The molecule has 2 saturated heterocycles. The number of carbonyl (C=O) groups excluding carboxylic acids is 1. The molecule has 4 heteroatoms. The van der Waals surface area contributed by atoms with Crippen LogP contribution in [0.5, 0.6) is 0 Å². The van der Waals surface area contributed by atoms with Crippen molar-refractivity contribution < 1.29 is 4.79 Å². The molecule has 4 rings (SSSR count). The first-order chi connectivity index (χ1) is 13.6. The first-order valence-corrected chi connectivity index (χ1v) is 10.8. The number of likely N-dealkylation sites (tertiary alicyclic amines) is 2. The fourth-order valence-electron chi connectivity index (χ4n) is 4.67. The monoisotopic (exact) mass is 396 g/mol. The standard InChI is InChI=1S/C24H29ClN2O/c25-22-10-8-21(9-11-22)18-27-19-24(17-23(27)28)12-15-26(16-13-24)14-4-7-20-5-2-1-3-6-20/h1-3,5-6,8-11H,4,7,12-19H2. The van der Waals surface area contributed by atoms with Crippen molar-refractivity contribution in [1.82, 2.24) is 9.80 Å². The minimum atomic E-state index is 0.194. The molecule has 1 spiro atoms. The highest BCUT2D eigenvalue weighted by Gasteiger charge is 2.44. The van der Waals surface area contributed by atoms with Gasteiger partial charge in [0.15, 0.2) is 0 Å². The number of amides is 1. The topological polar surface area (TPSA) is 23.6 Å². The average molecular weight is 397 g/mol. The van der Waals surface area contributed by atoms with Gasteiger partial charge in [0.25, 0.3) is 0 Å². The SMILES string of the molecule is O=C1CC2(CCN(CCCc3ccccc3)CC2)CN1Cc1ccc(Cl)cc1. The maximum Gasteiger partial charge on any atom is 0.223 e. The molecule has 2 aliphatic rings. The summed E-state index contributed by atoms with van der Waals surface area (Å²) < 4.78 is 0. The summed E-state index contributed by atoms with van der Waals surface area (Å²) in [6.07, 6.45) is 5.36. The van der Waals surface area contributed by atoms with Crippen molar-refractivity contribution in [3.8, 4) is 0 Å². The molecule has 2 aromatic rings. The number of piperidine rings is 1. The van der Waals surface area contributed by atoms with Gasteiger partial charge in [-0.1, -0.05) is 54.1 Å². The van der Waals surface area contributed by atoms with E-state index >= 15 is 0 Å². The Hall–Kier alpha value is -1.84. The Morgan fingerprint density at radius 3 is 2.36 bits per heavy atom. The van der Waals surface area contributed by atoms with Crippen LogP contribution in [0.2, 0.25) is 5.02 Å². The first kappa shape index (κ1) is 19.5. The van der Waals surface area contributed by atoms with E-state index < -0.39 is 0 Å². The molecule has 2 aliphatic heterocycles. The smallest absolute Gasteiger partial charge is 0.223 e. The van der Waals surface area contributed by atoms with Crippen LogP contribution in [0.3, 0.4) is 0 Å². The average Bonchev–Trinajstić information content (AvgIpc) is 3.01. The largest absolute Gasteiger partial charge is 0.338 e. The van der Waals surface area contributed by atoms with Crippen LogP contribution in [-0.2, 0) is 17.8 Å². The van der Waals surface area contributed by atoms with Crippen molar-refractivity contribution in [2.45, 2.75) is 38.6 Å². The van der Waals surface area contributed by atoms with Gasteiger partial charge in [0.05, 0.1) is 0 Å². The van der Waals surface area contributed by atoms with Gasteiger partial charge in [-0.05, 0) is 74.0 Å². The summed E-state index contributed by atoms with van der Waals surface area (Å²) in [5.41, 5.74) is 2.78. The van der Waals surface area contributed by atoms with Crippen LogP contribution in [0.1, 0.15) is 36.8 Å². The van der Waals surface area contributed by atoms with Crippen molar-refractivity contribution in [2.24, 2.45) is 5.41 Å². The van der Waals surface area contributed by atoms with Crippen LogP contribution in [0, 0.1) is 5.41 Å². The van der Waals surface area contributed by atoms with E-state index in [9.17, 15) is 4.79 Å².